The van der Waals surface area contributed by atoms with Gasteiger partial charge in [0.15, 0.2) is 0 Å². The Bertz CT molecular complexity index is 544. The zero-order valence-electron chi connectivity index (χ0n) is 10.8. The summed E-state index contributed by atoms with van der Waals surface area (Å²) in [6.45, 7) is 2.47. The Morgan fingerprint density at radius 1 is 1.30 bits per heavy atom. The lowest BCUT2D eigenvalue weighted by molar-refractivity contribution is 0.547. The Kier molecular flexibility index (Phi) is 7.81. The molecule has 0 fully saturated rings. The van der Waals surface area contributed by atoms with E-state index < -0.39 is 10.0 Å². The van der Waals surface area contributed by atoms with E-state index >= 15 is 0 Å². The standard InChI is InChI=1S/C12H15Br2Cl2NO2S/c1-8(7-13)3-2-4-17-20(18,19)12-10(15)5-9(14)6-11(12)16/h5-6,8,17H,2-4,7H2,1H3. The highest BCUT2D eigenvalue weighted by molar-refractivity contribution is 9.10. The molecular weight excluding hydrogens is 453 g/mol. The lowest BCUT2D eigenvalue weighted by Gasteiger charge is -2.11. The summed E-state index contributed by atoms with van der Waals surface area (Å²) in [5.74, 6) is 0.513. The molecule has 0 bridgehead atoms. The Morgan fingerprint density at radius 3 is 2.35 bits per heavy atom. The maximum absolute atomic E-state index is 12.2. The van der Waals surface area contributed by atoms with Gasteiger partial charge >= 0.3 is 0 Å². The summed E-state index contributed by atoms with van der Waals surface area (Å²) in [5, 5.41) is 1.11. The highest BCUT2D eigenvalue weighted by Gasteiger charge is 2.21. The Hall–Kier alpha value is 0.670. The van der Waals surface area contributed by atoms with Crippen LogP contribution in [0, 0.1) is 5.92 Å². The van der Waals surface area contributed by atoms with Crippen molar-refractivity contribution >= 4 is 65.1 Å². The summed E-state index contributed by atoms with van der Waals surface area (Å²) in [4.78, 5) is -0.0717. The van der Waals surface area contributed by atoms with Crippen LogP contribution in [0.2, 0.25) is 10.0 Å². The predicted molar refractivity (Wildman–Crippen MR) is 91.5 cm³/mol. The van der Waals surface area contributed by atoms with Crippen LogP contribution in [0.15, 0.2) is 21.5 Å². The topological polar surface area (TPSA) is 46.2 Å². The van der Waals surface area contributed by atoms with Crippen molar-refractivity contribution in [2.45, 2.75) is 24.7 Å². The lowest BCUT2D eigenvalue weighted by atomic mass is 10.1. The highest BCUT2D eigenvalue weighted by atomic mass is 79.9. The van der Waals surface area contributed by atoms with Crippen molar-refractivity contribution in [3.05, 3.63) is 26.7 Å². The molecule has 1 aromatic carbocycles. The van der Waals surface area contributed by atoms with Gasteiger partial charge in [-0.15, -0.1) is 0 Å². The fourth-order valence-corrected chi connectivity index (χ4v) is 4.92. The van der Waals surface area contributed by atoms with Gasteiger partial charge in [-0.25, -0.2) is 13.1 Å². The number of benzene rings is 1. The van der Waals surface area contributed by atoms with Crippen molar-refractivity contribution in [2.24, 2.45) is 5.92 Å². The smallest absolute Gasteiger partial charge is 0.211 e. The van der Waals surface area contributed by atoms with Gasteiger partial charge in [0.2, 0.25) is 10.0 Å². The molecule has 0 aromatic heterocycles. The maximum atomic E-state index is 12.2. The second-order valence-corrected chi connectivity index (χ2v) is 8.58. The number of halogens is 4. The third-order valence-corrected chi connectivity index (χ3v) is 6.61. The molecule has 0 saturated carbocycles. The monoisotopic (exact) mass is 465 g/mol. The Morgan fingerprint density at radius 2 is 1.85 bits per heavy atom. The van der Waals surface area contributed by atoms with E-state index in [0.717, 1.165) is 18.2 Å². The van der Waals surface area contributed by atoms with Gasteiger partial charge in [0.05, 0.1) is 10.0 Å². The van der Waals surface area contributed by atoms with E-state index in [0.29, 0.717) is 16.9 Å². The fraction of sp³-hybridized carbons (Fsp3) is 0.500. The first-order valence-corrected chi connectivity index (χ1v) is 10.1. The minimum Gasteiger partial charge on any atom is -0.211 e. The normalized spacial score (nSPS) is 13.4. The molecule has 0 aliphatic carbocycles. The van der Waals surface area contributed by atoms with E-state index in [1.54, 1.807) is 0 Å². The van der Waals surface area contributed by atoms with Crippen molar-refractivity contribution in [1.29, 1.82) is 0 Å². The van der Waals surface area contributed by atoms with E-state index in [4.69, 9.17) is 23.2 Å². The van der Waals surface area contributed by atoms with Crippen LogP contribution in [0.5, 0.6) is 0 Å². The molecule has 1 unspecified atom stereocenters. The van der Waals surface area contributed by atoms with E-state index in [-0.39, 0.29) is 14.9 Å². The first kappa shape index (κ1) is 18.7. The molecule has 0 heterocycles. The second-order valence-electron chi connectivity index (χ2n) is 4.50. The number of alkyl halides is 1. The Labute approximate surface area is 146 Å². The average molecular weight is 468 g/mol. The first-order chi connectivity index (χ1) is 9.27. The number of nitrogens with one attached hydrogen (secondary N) is 1. The summed E-state index contributed by atoms with van der Waals surface area (Å²) >= 11 is 18.5. The van der Waals surface area contributed by atoms with Crippen LogP contribution in [-0.2, 0) is 10.0 Å². The zero-order valence-corrected chi connectivity index (χ0v) is 16.3. The zero-order chi connectivity index (χ0) is 15.3. The molecule has 0 spiro atoms. The molecule has 3 nitrogen and oxygen atoms in total. The molecule has 0 radical (unpaired) electrons. The summed E-state index contributed by atoms with van der Waals surface area (Å²) in [6.07, 6.45) is 1.70. The third kappa shape index (κ3) is 5.46. The lowest BCUT2D eigenvalue weighted by Crippen LogP contribution is -2.25. The molecule has 0 saturated heterocycles. The highest BCUT2D eigenvalue weighted by Crippen LogP contribution is 2.32. The average Bonchev–Trinajstić information content (AvgIpc) is 2.32. The summed E-state index contributed by atoms with van der Waals surface area (Å²) in [7, 11) is -3.69. The first-order valence-electron chi connectivity index (χ1n) is 5.98. The number of hydrogen-bond donors (Lipinski definition) is 1. The van der Waals surface area contributed by atoms with Crippen LogP contribution in [0.3, 0.4) is 0 Å². The van der Waals surface area contributed by atoms with Crippen molar-refractivity contribution in [3.8, 4) is 0 Å². The van der Waals surface area contributed by atoms with Crippen LogP contribution < -0.4 is 4.72 Å². The van der Waals surface area contributed by atoms with Gasteiger partial charge in [-0.2, -0.15) is 0 Å². The van der Waals surface area contributed by atoms with Gasteiger partial charge in [0.25, 0.3) is 0 Å². The van der Waals surface area contributed by atoms with Crippen molar-refractivity contribution in [1.82, 2.24) is 4.72 Å². The molecule has 1 atom stereocenters. The molecular formula is C12H15Br2Cl2NO2S. The minimum absolute atomic E-state index is 0.0717. The van der Waals surface area contributed by atoms with Gasteiger partial charge in [-0.3, -0.25) is 0 Å². The number of hydrogen-bond acceptors (Lipinski definition) is 2. The van der Waals surface area contributed by atoms with Crippen LogP contribution in [0.4, 0.5) is 0 Å². The molecule has 1 N–H and O–H groups in total. The van der Waals surface area contributed by atoms with Gasteiger partial charge in [0, 0.05) is 16.3 Å². The molecule has 0 aliphatic rings. The molecule has 20 heavy (non-hydrogen) atoms. The fourth-order valence-electron chi connectivity index (χ4n) is 1.59. The third-order valence-electron chi connectivity index (χ3n) is 2.66. The Balaban J connectivity index is 2.75. The van der Waals surface area contributed by atoms with Crippen LogP contribution >= 0.6 is 55.1 Å². The maximum Gasteiger partial charge on any atom is 0.243 e. The largest absolute Gasteiger partial charge is 0.243 e. The molecule has 0 aliphatic heterocycles. The summed E-state index contributed by atoms with van der Waals surface area (Å²) in [5.41, 5.74) is 0. The minimum atomic E-state index is -3.69. The second kappa shape index (κ2) is 8.34. The van der Waals surface area contributed by atoms with Crippen LogP contribution in [0.1, 0.15) is 19.8 Å². The molecule has 114 valence electrons. The van der Waals surface area contributed by atoms with Gasteiger partial charge < -0.3 is 0 Å². The van der Waals surface area contributed by atoms with Gasteiger partial charge in [0.1, 0.15) is 4.90 Å². The number of rotatable bonds is 7. The summed E-state index contributed by atoms with van der Waals surface area (Å²) < 4.78 is 27.6. The molecule has 0 amide bonds. The van der Waals surface area contributed by atoms with Gasteiger partial charge in [-0.05, 0) is 30.9 Å². The van der Waals surface area contributed by atoms with E-state index in [1.807, 2.05) is 0 Å². The quantitative estimate of drug-likeness (QED) is 0.460. The van der Waals surface area contributed by atoms with Crippen molar-refractivity contribution in [3.63, 3.8) is 0 Å². The molecule has 1 rings (SSSR count). The van der Waals surface area contributed by atoms with E-state index in [1.165, 1.54) is 12.1 Å². The van der Waals surface area contributed by atoms with Crippen molar-refractivity contribution < 1.29 is 8.42 Å². The van der Waals surface area contributed by atoms with E-state index in [9.17, 15) is 8.42 Å². The summed E-state index contributed by atoms with van der Waals surface area (Å²) in [6, 6.07) is 3.02. The van der Waals surface area contributed by atoms with Crippen LogP contribution in [0.25, 0.3) is 0 Å². The molecule has 1 aromatic rings. The molecule has 8 heteroatoms. The number of sulfonamides is 1. The van der Waals surface area contributed by atoms with Gasteiger partial charge in [-0.1, -0.05) is 62.0 Å². The SMILES string of the molecule is CC(CBr)CCCNS(=O)(=O)c1c(Cl)cc(Br)cc1Cl. The van der Waals surface area contributed by atoms with E-state index in [2.05, 4.69) is 43.5 Å². The predicted octanol–water partition coefficient (Wildman–Crippen LogP) is 4.85. The van der Waals surface area contributed by atoms with Crippen molar-refractivity contribution in [2.75, 3.05) is 11.9 Å². The van der Waals surface area contributed by atoms with Crippen LogP contribution in [-0.4, -0.2) is 20.3 Å².